The van der Waals surface area contributed by atoms with Gasteiger partial charge in [-0.2, -0.15) is 0 Å². The first-order valence-corrected chi connectivity index (χ1v) is 11.2. The van der Waals surface area contributed by atoms with E-state index in [9.17, 15) is 14.0 Å². The van der Waals surface area contributed by atoms with Crippen LogP contribution in [0.25, 0.3) is 0 Å². The molecule has 0 unspecified atom stereocenters. The Hall–Kier alpha value is -5.07. The Balaban J connectivity index is 1.58. The zero-order chi connectivity index (χ0) is 26.6. The molecule has 0 aromatic heterocycles. The Kier molecular flexibility index (Phi) is 9.42. The minimum absolute atomic E-state index is 0.116. The molecule has 0 saturated heterocycles. The third-order valence-corrected chi connectivity index (χ3v) is 4.69. The predicted molar refractivity (Wildman–Crippen MR) is 138 cm³/mol. The molecule has 0 bridgehead atoms. The SMILES string of the molecule is C=CC(=O)OCCOc1ccc(C#Cc2ccc(C#Cc3ccc(OC(=O)C(=C)C)cc3)cc2F)cc1. The van der Waals surface area contributed by atoms with Crippen LogP contribution < -0.4 is 9.47 Å². The quantitative estimate of drug-likeness (QED) is 0.148. The molecule has 0 aliphatic rings. The standard InChI is InChI=1S/C31H23FO5/c1-4-30(33)36-20-19-35-27-15-9-24(10-16-27)7-13-26-14-8-25(21-29(26)32)6-5-23-11-17-28(18-12-23)37-31(34)22(2)3/h4,8-12,14-18,21H,1-2,19-20H2,3H3. The van der Waals surface area contributed by atoms with E-state index in [2.05, 4.69) is 36.8 Å². The summed E-state index contributed by atoms with van der Waals surface area (Å²) in [6.45, 7) is 8.75. The maximum atomic E-state index is 14.5. The molecule has 3 aromatic rings. The summed E-state index contributed by atoms with van der Waals surface area (Å²) in [7, 11) is 0. The van der Waals surface area contributed by atoms with Crippen molar-refractivity contribution in [3.05, 3.63) is 120 Å². The fourth-order valence-electron chi connectivity index (χ4n) is 2.77. The van der Waals surface area contributed by atoms with Gasteiger partial charge in [-0.1, -0.05) is 36.8 Å². The molecule has 184 valence electrons. The summed E-state index contributed by atoms with van der Waals surface area (Å²) in [6, 6.07) is 18.2. The summed E-state index contributed by atoms with van der Waals surface area (Å²) < 4.78 is 30.0. The van der Waals surface area contributed by atoms with E-state index in [1.807, 2.05) is 0 Å². The van der Waals surface area contributed by atoms with Crippen LogP contribution in [0, 0.1) is 29.5 Å². The molecule has 3 rings (SSSR count). The highest BCUT2D eigenvalue weighted by Gasteiger charge is 2.05. The van der Waals surface area contributed by atoms with Crippen LogP contribution in [0.3, 0.4) is 0 Å². The highest BCUT2D eigenvalue weighted by atomic mass is 19.1. The average molecular weight is 495 g/mol. The lowest BCUT2D eigenvalue weighted by Gasteiger charge is -2.06. The molecular formula is C31H23FO5. The van der Waals surface area contributed by atoms with Gasteiger partial charge in [0.1, 0.15) is 30.5 Å². The van der Waals surface area contributed by atoms with Gasteiger partial charge in [0.25, 0.3) is 0 Å². The highest BCUT2D eigenvalue weighted by molar-refractivity contribution is 5.88. The lowest BCUT2D eigenvalue weighted by Crippen LogP contribution is -2.10. The van der Waals surface area contributed by atoms with Gasteiger partial charge >= 0.3 is 11.9 Å². The molecule has 6 heteroatoms. The van der Waals surface area contributed by atoms with Crippen LogP contribution >= 0.6 is 0 Å². The summed E-state index contributed by atoms with van der Waals surface area (Å²) in [5.74, 6) is 11.1. The van der Waals surface area contributed by atoms with Gasteiger partial charge in [0, 0.05) is 28.3 Å². The first-order valence-electron chi connectivity index (χ1n) is 11.2. The summed E-state index contributed by atoms with van der Waals surface area (Å²) in [4.78, 5) is 22.5. The molecule has 0 aliphatic carbocycles. The first-order chi connectivity index (χ1) is 17.8. The fourth-order valence-corrected chi connectivity index (χ4v) is 2.77. The van der Waals surface area contributed by atoms with Crippen molar-refractivity contribution >= 4 is 11.9 Å². The van der Waals surface area contributed by atoms with E-state index >= 15 is 0 Å². The van der Waals surface area contributed by atoms with Crippen LogP contribution in [-0.4, -0.2) is 25.2 Å². The Morgan fingerprint density at radius 3 is 2.00 bits per heavy atom. The van der Waals surface area contributed by atoms with Gasteiger partial charge in [-0.05, 0) is 73.7 Å². The Labute approximate surface area is 215 Å². The van der Waals surface area contributed by atoms with Crippen LogP contribution in [0.5, 0.6) is 11.5 Å². The number of benzene rings is 3. The topological polar surface area (TPSA) is 61.8 Å². The van der Waals surface area contributed by atoms with Gasteiger partial charge in [0.2, 0.25) is 0 Å². The minimum Gasteiger partial charge on any atom is -0.490 e. The molecule has 0 saturated carbocycles. The average Bonchev–Trinajstić information content (AvgIpc) is 2.90. The largest absolute Gasteiger partial charge is 0.490 e. The van der Waals surface area contributed by atoms with Gasteiger partial charge in [-0.25, -0.2) is 14.0 Å². The summed E-state index contributed by atoms with van der Waals surface area (Å²) in [6.07, 6.45) is 1.09. The molecule has 0 fully saturated rings. The monoisotopic (exact) mass is 494 g/mol. The normalized spacial score (nSPS) is 9.57. The van der Waals surface area contributed by atoms with Crippen molar-refractivity contribution in [2.24, 2.45) is 0 Å². The van der Waals surface area contributed by atoms with Gasteiger partial charge < -0.3 is 14.2 Å². The number of hydrogen-bond donors (Lipinski definition) is 0. The van der Waals surface area contributed by atoms with Crippen LogP contribution in [0.2, 0.25) is 0 Å². The zero-order valence-electron chi connectivity index (χ0n) is 20.2. The molecule has 3 aromatic carbocycles. The van der Waals surface area contributed by atoms with E-state index in [0.29, 0.717) is 33.8 Å². The minimum atomic E-state index is -0.503. The van der Waals surface area contributed by atoms with Crippen LogP contribution in [0.15, 0.2) is 91.5 Å². The second-order valence-electron chi connectivity index (χ2n) is 7.63. The predicted octanol–water partition coefficient (Wildman–Crippen LogP) is 5.21. The van der Waals surface area contributed by atoms with E-state index in [4.69, 9.17) is 14.2 Å². The Bertz CT molecular complexity index is 1430. The van der Waals surface area contributed by atoms with Crippen molar-refractivity contribution < 1.29 is 28.2 Å². The van der Waals surface area contributed by atoms with Crippen molar-refractivity contribution in [2.75, 3.05) is 13.2 Å². The van der Waals surface area contributed by atoms with Crippen LogP contribution in [0.1, 0.15) is 29.2 Å². The number of esters is 2. The lowest BCUT2D eigenvalue weighted by molar-refractivity contribution is -0.138. The molecule has 0 N–H and O–H groups in total. The molecule has 37 heavy (non-hydrogen) atoms. The second-order valence-corrected chi connectivity index (χ2v) is 7.63. The highest BCUT2D eigenvalue weighted by Crippen LogP contribution is 2.15. The third-order valence-electron chi connectivity index (χ3n) is 4.69. The molecule has 5 nitrogen and oxygen atoms in total. The van der Waals surface area contributed by atoms with Crippen LogP contribution in [-0.2, 0) is 14.3 Å². The number of carbonyl (C=O) groups is 2. The maximum absolute atomic E-state index is 14.5. The number of rotatable bonds is 7. The zero-order valence-corrected chi connectivity index (χ0v) is 20.2. The van der Waals surface area contributed by atoms with E-state index in [1.165, 1.54) is 6.07 Å². The van der Waals surface area contributed by atoms with Gasteiger partial charge in [-0.3, -0.25) is 0 Å². The first kappa shape index (κ1) is 26.5. The molecule has 0 radical (unpaired) electrons. The summed E-state index contributed by atoms with van der Waals surface area (Å²) in [5.41, 5.74) is 2.43. The molecule has 0 amide bonds. The number of halogens is 1. The van der Waals surface area contributed by atoms with Crippen molar-refractivity contribution in [1.29, 1.82) is 0 Å². The van der Waals surface area contributed by atoms with Crippen molar-refractivity contribution in [1.82, 2.24) is 0 Å². The van der Waals surface area contributed by atoms with Gasteiger partial charge in [0.05, 0.1) is 5.56 Å². The molecular weight excluding hydrogens is 471 g/mol. The Morgan fingerprint density at radius 1 is 0.838 bits per heavy atom. The van der Waals surface area contributed by atoms with E-state index in [0.717, 1.165) is 6.08 Å². The maximum Gasteiger partial charge on any atom is 0.338 e. The fraction of sp³-hybridized carbons (Fsp3) is 0.0968. The number of ether oxygens (including phenoxy) is 3. The molecule has 0 spiro atoms. The van der Waals surface area contributed by atoms with Crippen molar-refractivity contribution in [3.8, 4) is 35.2 Å². The van der Waals surface area contributed by atoms with Crippen molar-refractivity contribution in [3.63, 3.8) is 0 Å². The molecule has 0 heterocycles. The Morgan fingerprint density at radius 2 is 1.41 bits per heavy atom. The lowest BCUT2D eigenvalue weighted by atomic mass is 10.1. The second kappa shape index (κ2) is 13.1. The third kappa shape index (κ3) is 8.58. The van der Waals surface area contributed by atoms with E-state index in [-0.39, 0.29) is 18.8 Å². The van der Waals surface area contributed by atoms with Crippen molar-refractivity contribution in [2.45, 2.75) is 6.92 Å². The summed E-state index contributed by atoms with van der Waals surface area (Å²) >= 11 is 0. The summed E-state index contributed by atoms with van der Waals surface area (Å²) in [5, 5.41) is 0. The van der Waals surface area contributed by atoms with Gasteiger partial charge in [-0.15, -0.1) is 0 Å². The number of carbonyl (C=O) groups excluding carboxylic acids is 2. The van der Waals surface area contributed by atoms with Crippen LogP contribution in [0.4, 0.5) is 4.39 Å². The van der Waals surface area contributed by atoms with Gasteiger partial charge in [0.15, 0.2) is 0 Å². The van der Waals surface area contributed by atoms with E-state index in [1.54, 1.807) is 67.6 Å². The smallest absolute Gasteiger partial charge is 0.338 e. The number of hydrogen-bond acceptors (Lipinski definition) is 5. The molecule has 0 aliphatic heterocycles. The molecule has 0 atom stereocenters. The van der Waals surface area contributed by atoms with E-state index < -0.39 is 17.8 Å².